The number of anilines is 2. The van der Waals surface area contributed by atoms with Crippen LogP contribution in [0, 0.1) is 0 Å². The van der Waals surface area contributed by atoms with Crippen LogP contribution in [0.15, 0.2) is 42.9 Å². The number of aromatic amines is 2. The molecule has 9 heterocycles. The molecule has 11 nitrogen and oxygen atoms in total. The molecule has 5 aliphatic heterocycles. The first-order chi connectivity index (χ1) is 17.3. The van der Waals surface area contributed by atoms with Crippen molar-refractivity contribution in [1.29, 1.82) is 0 Å². The summed E-state index contributed by atoms with van der Waals surface area (Å²) in [7, 11) is 0. The molecule has 4 aromatic heterocycles. The maximum atomic E-state index is 4.97. The van der Waals surface area contributed by atoms with Crippen LogP contribution in [-0.4, -0.2) is 85.4 Å². The van der Waals surface area contributed by atoms with E-state index in [0.29, 0.717) is 11.9 Å². The van der Waals surface area contributed by atoms with Crippen LogP contribution < -0.4 is 15.2 Å². The molecule has 0 spiro atoms. The van der Waals surface area contributed by atoms with Gasteiger partial charge in [-0.2, -0.15) is 5.10 Å². The van der Waals surface area contributed by atoms with Crippen molar-refractivity contribution in [2.75, 3.05) is 49.1 Å². The van der Waals surface area contributed by atoms with E-state index in [1.54, 1.807) is 0 Å². The molecule has 0 unspecified atom stereocenters. The second-order valence-electron chi connectivity index (χ2n) is 9.41. The van der Waals surface area contributed by atoms with Gasteiger partial charge in [0.05, 0.1) is 35.3 Å². The van der Waals surface area contributed by atoms with Crippen molar-refractivity contribution in [1.82, 2.24) is 45.6 Å². The van der Waals surface area contributed by atoms with Gasteiger partial charge in [-0.1, -0.05) is 6.07 Å². The molecule has 5 aromatic rings. The van der Waals surface area contributed by atoms with Crippen molar-refractivity contribution in [3.05, 3.63) is 42.9 Å². The number of rotatable bonds is 0. The van der Waals surface area contributed by atoms with Gasteiger partial charge >= 0.3 is 0 Å². The Kier molecular flexibility index (Phi) is 3.96. The summed E-state index contributed by atoms with van der Waals surface area (Å²) in [4.78, 5) is 27.0. The summed E-state index contributed by atoms with van der Waals surface area (Å²) in [5.74, 6) is 1.61. The normalized spacial score (nSPS) is 21.4. The summed E-state index contributed by atoms with van der Waals surface area (Å²) in [6.45, 7) is 5.57. The Morgan fingerprint density at radius 2 is 1.86 bits per heavy atom. The summed E-state index contributed by atoms with van der Waals surface area (Å²) in [5, 5.41) is 11.1. The summed E-state index contributed by atoms with van der Waals surface area (Å²) in [6, 6.07) is 8.68. The van der Waals surface area contributed by atoms with E-state index in [4.69, 9.17) is 9.97 Å². The third-order valence-electron chi connectivity index (χ3n) is 7.26. The minimum absolute atomic E-state index is 0.417. The Bertz CT molecular complexity index is 1570. The lowest BCUT2D eigenvalue weighted by molar-refractivity contribution is 0.135. The van der Waals surface area contributed by atoms with E-state index >= 15 is 0 Å². The molecule has 1 aromatic carbocycles. The molecule has 2 fully saturated rings. The van der Waals surface area contributed by atoms with E-state index in [9.17, 15) is 0 Å². The van der Waals surface area contributed by atoms with E-state index < -0.39 is 0 Å². The van der Waals surface area contributed by atoms with Crippen molar-refractivity contribution in [2.45, 2.75) is 6.04 Å². The quantitative estimate of drug-likeness (QED) is 0.315. The molecule has 35 heavy (non-hydrogen) atoms. The number of pyridine rings is 1. The minimum atomic E-state index is 0.417. The number of hydrogen-bond acceptors (Lipinski definition) is 9. The fourth-order valence-electron chi connectivity index (χ4n) is 5.35. The van der Waals surface area contributed by atoms with Gasteiger partial charge in [0.15, 0.2) is 11.5 Å². The Morgan fingerprint density at radius 1 is 0.943 bits per heavy atom. The predicted molar refractivity (Wildman–Crippen MR) is 133 cm³/mol. The fourth-order valence-corrected chi connectivity index (χ4v) is 5.35. The van der Waals surface area contributed by atoms with Gasteiger partial charge in [-0.15, -0.1) is 0 Å². The first kappa shape index (κ1) is 19.2. The smallest absolute Gasteiger partial charge is 0.161 e. The lowest BCUT2D eigenvalue weighted by atomic mass is 10.1. The fraction of sp³-hybridized carbons (Fsp3) is 0.292. The molecular weight excluding hydrogens is 442 g/mol. The van der Waals surface area contributed by atoms with Crippen molar-refractivity contribution < 1.29 is 0 Å². The average Bonchev–Trinajstić information content (AvgIpc) is 3.49. The maximum Gasteiger partial charge on any atom is 0.161 e. The SMILES string of the molecule is c1cc2c3nc([nH]c3n1)-c1n[nH]c3ccc(cc13)-c1cncc(n1)N1CC(C1)NN1CCN2CC1. The Hall–Kier alpha value is -4.09. The number of aromatic nitrogens is 7. The summed E-state index contributed by atoms with van der Waals surface area (Å²) < 4.78 is 0. The zero-order valence-corrected chi connectivity index (χ0v) is 18.9. The van der Waals surface area contributed by atoms with Gasteiger partial charge in [0.2, 0.25) is 0 Å². The topological polar surface area (TPSA) is 118 Å². The number of nitrogens with one attached hydrogen (secondary N) is 3. The Balaban J connectivity index is 1.31. The van der Waals surface area contributed by atoms with Gasteiger partial charge in [0.1, 0.15) is 17.0 Å². The highest BCUT2D eigenvalue weighted by Crippen LogP contribution is 2.32. The van der Waals surface area contributed by atoms with Crippen LogP contribution in [0.5, 0.6) is 0 Å². The van der Waals surface area contributed by atoms with Gasteiger partial charge in [-0.25, -0.2) is 25.4 Å². The molecule has 5 aliphatic rings. The van der Waals surface area contributed by atoms with Gasteiger partial charge in [0.25, 0.3) is 0 Å². The second kappa shape index (κ2) is 7.20. The largest absolute Gasteiger partial charge is 0.367 e. The van der Waals surface area contributed by atoms with Gasteiger partial charge in [0, 0.05) is 56.4 Å². The van der Waals surface area contributed by atoms with Crippen LogP contribution in [-0.2, 0) is 0 Å². The molecule has 0 amide bonds. The minimum Gasteiger partial charge on any atom is -0.367 e. The van der Waals surface area contributed by atoms with Crippen LogP contribution in [0.4, 0.5) is 11.5 Å². The zero-order chi connectivity index (χ0) is 22.9. The number of benzene rings is 1. The molecular formula is C24H23N11. The van der Waals surface area contributed by atoms with E-state index in [-0.39, 0.29) is 0 Å². The number of piperazine rings is 1. The number of imidazole rings is 1. The van der Waals surface area contributed by atoms with Crippen LogP contribution in [0.2, 0.25) is 0 Å². The Labute approximate surface area is 200 Å². The highest BCUT2D eigenvalue weighted by atomic mass is 15.6. The Morgan fingerprint density at radius 3 is 2.77 bits per heavy atom. The molecule has 10 bridgehead atoms. The first-order valence-electron chi connectivity index (χ1n) is 12.0. The van der Waals surface area contributed by atoms with E-state index in [2.05, 4.69) is 63.6 Å². The number of hydrazine groups is 1. The van der Waals surface area contributed by atoms with Crippen LogP contribution >= 0.6 is 0 Å². The number of H-pyrrole nitrogens is 2. The van der Waals surface area contributed by atoms with E-state index in [1.165, 1.54) is 0 Å². The summed E-state index contributed by atoms with van der Waals surface area (Å²) >= 11 is 0. The second-order valence-corrected chi connectivity index (χ2v) is 9.41. The van der Waals surface area contributed by atoms with Gasteiger partial charge in [-0.05, 0) is 18.2 Å². The third kappa shape index (κ3) is 3.01. The molecule has 11 heteroatoms. The summed E-state index contributed by atoms with van der Waals surface area (Å²) in [6.07, 6.45) is 5.52. The lowest BCUT2D eigenvalue weighted by Crippen LogP contribution is -2.64. The number of fused-ring (bicyclic) bond motifs is 1. The molecule has 2 saturated heterocycles. The molecule has 10 rings (SSSR count). The number of hydrogen-bond donors (Lipinski definition) is 3. The van der Waals surface area contributed by atoms with Gasteiger partial charge < -0.3 is 14.8 Å². The van der Waals surface area contributed by atoms with Crippen molar-refractivity contribution in [2.24, 2.45) is 0 Å². The molecule has 0 saturated carbocycles. The highest BCUT2D eigenvalue weighted by molar-refractivity contribution is 5.96. The molecule has 174 valence electrons. The van der Waals surface area contributed by atoms with Crippen molar-refractivity contribution in [3.63, 3.8) is 0 Å². The van der Waals surface area contributed by atoms with E-state index in [1.807, 2.05) is 24.7 Å². The van der Waals surface area contributed by atoms with Crippen molar-refractivity contribution >= 4 is 33.6 Å². The first-order valence-corrected chi connectivity index (χ1v) is 12.0. The predicted octanol–water partition coefficient (Wildman–Crippen LogP) is 1.79. The lowest BCUT2D eigenvalue weighted by Gasteiger charge is -2.45. The molecule has 0 atom stereocenters. The number of nitrogens with zero attached hydrogens (tertiary/aromatic N) is 8. The summed E-state index contributed by atoms with van der Waals surface area (Å²) in [5.41, 5.74) is 10.0. The van der Waals surface area contributed by atoms with Crippen LogP contribution in [0.25, 0.3) is 44.8 Å². The highest BCUT2D eigenvalue weighted by Gasteiger charge is 2.31. The third-order valence-corrected chi connectivity index (χ3v) is 7.26. The molecule has 0 aliphatic carbocycles. The van der Waals surface area contributed by atoms with Gasteiger partial charge in [-0.3, -0.25) is 10.1 Å². The van der Waals surface area contributed by atoms with Crippen molar-refractivity contribution in [3.8, 4) is 22.8 Å². The maximum absolute atomic E-state index is 4.97. The average molecular weight is 466 g/mol. The molecule has 3 N–H and O–H groups in total. The standard InChI is InChI=1S/C24H23N11/c1-2-17-16-9-14(1)18-10-25-11-20(27-18)34-12-15(13-34)32-35-7-5-33(6-8-35)19-3-4-26-23-22(19)28-24(29-23)21(16)31-30-17/h1-4,9-11,15,32H,5-8,12-13H2,(H,30,31)(H,26,28,29). The van der Waals surface area contributed by atoms with Crippen LogP contribution in [0.3, 0.4) is 0 Å². The van der Waals surface area contributed by atoms with Crippen LogP contribution in [0.1, 0.15) is 0 Å². The molecule has 0 radical (unpaired) electrons. The zero-order valence-electron chi connectivity index (χ0n) is 18.9. The van der Waals surface area contributed by atoms with E-state index in [0.717, 1.165) is 89.8 Å². The monoisotopic (exact) mass is 465 g/mol.